The van der Waals surface area contributed by atoms with Gasteiger partial charge in [-0.2, -0.15) is 10.1 Å². The number of nitrogens with one attached hydrogen (secondary N) is 1. The van der Waals surface area contributed by atoms with Crippen molar-refractivity contribution in [3.63, 3.8) is 0 Å². The molecule has 2 aliphatic rings. The van der Waals surface area contributed by atoms with Crippen LogP contribution in [0.25, 0.3) is 0 Å². The summed E-state index contributed by atoms with van der Waals surface area (Å²) in [5.41, 5.74) is 4.90. The lowest BCUT2D eigenvalue weighted by atomic mass is 9.98. The molecular formula is C29H28N4O3S2. The molecule has 2 aliphatic heterocycles. The standard InChI is InChI=1S/C29H28N4O3S2/c1-18-7-9-19(10-8-18)24-16-25(20-11-13-22(36-2)14-12-20)33(32-24)29-31-28(35)26(38-29)17-27(34)30-21-5-4-6-23(15-21)37-3/h4-15,25-26H,16-17H2,1-3H3,(H,30,34)/t25-,26+/m1/s1. The minimum absolute atomic E-state index is 0.0373. The maximum atomic E-state index is 12.9. The number of carbonyl (C=O) groups excluding carboxylic acids is 2. The van der Waals surface area contributed by atoms with Crippen LogP contribution in [0, 0.1) is 6.92 Å². The fourth-order valence-corrected chi connectivity index (χ4v) is 5.90. The predicted octanol–water partition coefficient (Wildman–Crippen LogP) is 5.90. The molecule has 2 atom stereocenters. The van der Waals surface area contributed by atoms with Gasteiger partial charge in [-0.25, -0.2) is 5.01 Å². The van der Waals surface area contributed by atoms with Crippen LogP contribution in [0.4, 0.5) is 5.69 Å². The Morgan fingerprint density at radius 3 is 2.61 bits per heavy atom. The normalized spacial score (nSPS) is 18.8. The average Bonchev–Trinajstić information content (AvgIpc) is 3.53. The summed E-state index contributed by atoms with van der Waals surface area (Å²) < 4.78 is 5.33. The lowest BCUT2D eigenvalue weighted by molar-refractivity contribution is -0.121. The molecule has 0 fully saturated rings. The lowest BCUT2D eigenvalue weighted by Crippen LogP contribution is -2.25. The number of aryl methyl sites for hydroxylation is 1. The number of hydrogen-bond donors (Lipinski definition) is 1. The summed E-state index contributed by atoms with van der Waals surface area (Å²) >= 11 is 2.90. The number of hydrogen-bond acceptors (Lipinski definition) is 7. The van der Waals surface area contributed by atoms with E-state index in [9.17, 15) is 9.59 Å². The minimum Gasteiger partial charge on any atom is -0.497 e. The SMILES string of the molecule is COc1ccc([C@H]2CC(c3ccc(C)cc3)=NN2C2=NC(=O)[C@H](CC(=O)Nc3cccc(SC)c3)S2)cc1. The van der Waals surface area contributed by atoms with Crippen LogP contribution >= 0.6 is 23.5 Å². The van der Waals surface area contributed by atoms with Gasteiger partial charge in [0.1, 0.15) is 11.0 Å². The highest BCUT2D eigenvalue weighted by atomic mass is 32.2. The molecule has 2 amide bonds. The number of rotatable bonds is 7. The first-order valence-electron chi connectivity index (χ1n) is 12.2. The summed E-state index contributed by atoms with van der Waals surface area (Å²) in [7, 11) is 1.64. The van der Waals surface area contributed by atoms with E-state index in [0.717, 1.165) is 27.5 Å². The maximum Gasteiger partial charge on any atom is 0.262 e. The van der Waals surface area contributed by atoms with E-state index in [1.807, 2.05) is 59.8 Å². The van der Waals surface area contributed by atoms with Crippen LogP contribution in [0.3, 0.4) is 0 Å². The highest BCUT2D eigenvalue weighted by Crippen LogP contribution is 2.39. The lowest BCUT2D eigenvalue weighted by Gasteiger charge is -2.23. The van der Waals surface area contributed by atoms with E-state index in [2.05, 4.69) is 41.5 Å². The van der Waals surface area contributed by atoms with Crippen LogP contribution in [0.1, 0.15) is 35.6 Å². The van der Waals surface area contributed by atoms with Gasteiger partial charge in [0.15, 0.2) is 5.17 Å². The number of anilines is 1. The van der Waals surface area contributed by atoms with E-state index in [1.54, 1.807) is 18.9 Å². The summed E-state index contributed by atoms with van der Waals surface area (Å²) in [5.74, 6) is 0.239. The van der Waals surface area contributed by atoms with Crippen molar-refractivity contribution < 1.29 is 14.3 Å². The zero-order chi connectivity index (χ0) is 26.6. The number of benzene rings is 3. The van der Waals surface area contributed by atoms with E-state index in [-0.39, 0.29) is 24.3 Å². The summed E-state index contributed by atoms with van der Waals surface area (Å²) in [6.45, 7) is 2.05. The third-order valence-corrected chi connectivity index (χ3v) is 8.31. The second-order valence-electron chi connectivity index (χ2n) is 9.07. The van der Waals surface area contributed by atoms with Crippen molar-refractivity contribution in [3.05, 3.63) is 89.5 Å². The molecule has 0 spiro atoms. The molecule has 0 bridgehead atoms. The quantitative estimate of drug-likeness (QED) is 0.373. The van der Waals surface area contributed by atoms with Gasteiger partial charge in [0, 0.05) is 23.4 Å². The van der Waals surface area contributed by atoms with Gasteiger partial charge in [0.2, 0.25) is 5.91 Å². The largest absolute Gasteiger partial charge is 0.497 e. The molecule has 3 aromatic rings. The molecule has 38 heavy (non-hydrogen) atoms. The van der Waals surface area contributed by atoms with Crippen molar-refractivity contribution in [2.24, 2.45) is 10.1 Å². The van der Waals surface area contributed by atoms with Crippen LogP contribution in [-0.4, -0.2) is 46.3 Å². The van der Waals surface area contributed by atoms with Crippen molar-refractivity contribution in [2.75, 3.05) is 18.7 Å². The molecule has 0 aromatic heterocycles. The van der Waals surface area contributed by atoms with Gasteiger partial charge in [0.05, 0.1) is 18.9 Å². The fraction of sp³-hybridized carbons (Fsp3) is 0.241. The second-order valence-corrected chi connectivity index (χ2v) is 11.1. The first-order chi connectivity index (χ1) is 18.4. The van der Waals surface area contributed by atoms with Gasteiger partial charge in [-0.3, -0.25) is 9.59 Å². The third kappa shape index (κ3) is 5.79. The van der Waals surface area contributed by atoms with E-state index >= 15 is 0 Å². The number of nitrogens with zero attached hydrogens (tertiary/aromatic N) is 3. The number of thioether (sulfide) groups is 2. The summed E-state index contributed by atoms with van der Waals surface area (Å²) in [4.78, 5) is 31.0. The minimum atomic E-state index is -0.594. The van der Waals surface area contributed by atoms with Gasteiger partial charge >= 0.3 is 0 Å². The number of aliphatic imine (C=N–C) groups is 1. The molecule has 5 rings (SSSR count). The van der Waals surface area contributed by atoms with Gasteiger partial charge < -0.3 is 10.1 Å². The third-order valence-electron chi connectivity index (χ3n) is 6.44. The van der Waals surface area contributed by atoms with Crippen molar-refractivity contribution in [2.45, 2.75) is 36.0 Å². The smallest absolute Gasteiger partial charge is 0.262 e. The number of methoxy groups -OCH3 is 1. The van der Waals surface area contributed by atoms with Crippen LogP contribution in [0.5, 0.6) is 5.75 Å². The summed E-state index contributed by atoms with van der Waals surface area (Å²) in [5, 5.41) is 9.58. The molecule has 194 valence electrons. The van der Waals surface area contributed by atoms with Crippen molar-refractivity contribution in [3.8, 4) is 5.75 Å². The highest BCUT2D eigenvalue weighted by molar-refractivity contribution is 8.15. The van der Waals surface area contributed by atoms with Crippen molar-refractivity contribution in [1.29, 1.82) is 0 Å². The Morgan fingerprint density at radius 2 is 1.89 bits per heavy atom. The zero-order valence-electron chi connectivity index (χ0n) is 21.4. The Balaban J connectivity index is 1.34. The fourth-order valence-electron chi connectivity index (χ4n) is 4.38. The van der Waals surface area contributed by atoms with Gasteiger partial charge in [-0.05, 0) is 54.6 Å². The van der Waals surface area contributed by atoms with Crippen LogP contribution in [-0.2, 0) is 9.59 Å². The molecule has 0 radical (unpaired) electrons. The molecule has 1 N–H and O–H groups in total. The Kier molecular flexibility index (Phi) is 7.85. The summed E-state index contributed by atoms with van der Waals surface area (Å²) in [6, 6.07) is 23.6. The molecular weight excluding hydrogens is 516 g/mol. The van der Waals surface area contributed by atoms with Gasteiger partial charge in [-0.1, -0.05) is 59.8 Å². The first-order valence-corrected chi connectivity index (χ1v) is 14.3. The molecule has 0 saturated heterocycles. The van der Waals surface area contributed by atoms with Crippen LogP contribution in [0.15, 0.2) is 87.8 Å². The monoisotopic (exact) mass is 544 g/mol. The van der Waals surface area contributed by atoms with E-state index in [4.69, 9.17) is 9.84 Å². The molecule has 3 aromatic carbocycles. The molecule has 2 heterocycles. The average molecular weight is 545 g/mol. The van der Waals surface area contributed by atoms with E-state index < -0.39 is 5.25 Å². The first kappa shape index (κ1) is 26.1. The van der Waals surface area contributed by atoms with Crippen molar-refractivity contribution >= 4 is 51.9 Å². The topological polar surface area (TPSA) is 83.4 Å². The Hall–Kier alpha value is -3.56. The number of amides is 2. The maximum absolute atomic E-state index is 12.9. The van der Waals surface area contributed by atoms with Crippen LogP contribution in [0.2, 0.25) is 0 Å². The number of carbonyl (C=O) groups is 2. The Bertz CT molecular complexity index is 1400. The van der Waals surface area contributed by atoms with Crippen molar-refractivity contribution in [1.82, 2.24) is 5.01 Å². The van der Waals surface area contributed by atoms with Gasteiger partial charge in [-0.15, -0.1) is 11.8 Å². The number of amidine groups is 1. The van der Waals surface area contributed by atoms with Gasteiger partial charge in [0.25, 0.3) is 5.91 Å². The summed E-state index contributed by atoms with van der Waals surface area (Å²) in [6.07, 6.45) is 2.69. The Labute approximate surface area is 230 Å². The molecule has 0 unspecified atom stereocenters. The molecule has 0 saturated carbocycles. The zero-order valence-corrected chi connectivity index (χ0v) is 23.0. The van der Waals surface area contributed by atoms with E-state index in [1.165, 1.54) is 17.3 Å². The molecule has 7 nitrogen and oxygen atoms in total. The number of hydrazone groups is 1. The van der Waals surface area contributed by atoms with Crippen LogP contribution < -0.4 is 10.1 Å². The van der Waals surface area contributed by atoms with E-state index in [0.29, 0.717) is 17.3 Å². The highest BCUT2D eigenvalue weighted by Gasteiger charge is 2.39. The second kappa shape index (κ2) is 11.4. The number of ether oxygens (including phenoxy) is 1. The molecule has 9 heteroatoms. The molecule has 0 aliphatic carbocycles. The Morgan fingerprint density at radius 1 is 1.13 bits per heavy atom. The predicted molar refractivity (Wildman–Crippen MR) is 155 cm³/mol.